The first-order valence-electron chi connectivity index (χ1n) is 6.20. The molecular weight excluding hydrogens is 250 g/mol. The number of hydrogen-bond acceptors (Lipinski definition) is 5. The van der Waals surface area contributed by atoms with Crippen molar-refractivity contribution in [2.24, 2.45) is 0 Å². The van der Waals surface area contributed by atoms with Crippen LogP contribution in [0, 0.1) is 0 Å². The predicted octanol–water partition coefficient (Wildman–Crippen LogP) is 1.52. The van der Waals surface area contributed by atoms with Crippen LogP contribution in [0.4, 0.5) is 4.79 Å². The molecule has 0 radical (unpaired) electrons. The van der Waals surface area contributed by atoms with Gasteiger partial charge in [-0.1, -0.05) is 0 Å². The van der Waals surface area contributed by atoms with Crippen LogP contribution in [0.1, 0.15) is 41.5 Å². The van der Waals surface area contributed by atoms with E-state index in [-0.39, 0.29) is 6.61 Å². The van der Waals surface area contributed by atoms with E-state index in [9.17, 15) is 14.4 Å². The van der Waals surface area contributed by atoms with Gasteiger partial charge < -0.3 is 9.47 Å². The molecule has 0 N–H and O–H groups in total. The monoisotopic (exact) mass is 271 g/mol. The minimum Gasteiger partial charge on any atom is -0.444 e. The zero-order chi connectivity index (χ0) is 15.0. The zero-order valence-corrected chi connectivity index (χ0v) is 12.3. The SMILES string of the molecule is CC(=O)C1(C(C)=O)OCC(C)N1C(=O)OC(C)(C)C. The van der Waals surface area contributed by atoms with Gasteiger partial charge in [-0.25, -0.2) is 4.79 Å². The molecule has 1 rings (SSSR count). The van der Waals surface area contributed by atoms with Crippen LogP contribution in [-0.4, -0.2) is 46.5 Å². The number of carbonyl (C=O) groups is 3. The minimum atomic E-state index is -1.85. The van der Waals surface area contributed by atoms with E-state index in [1.165, 1.54) is 13.8 Å². The van der Waals surface area contributed by atoms with Crippen molar-refractivity contribution in [1.29, 1.82) is 0 Å². The molecule has 1 saturated heterocycles. The number of hydrogen-bond donors (Lipinski definition) is 0. The highest BCUT2D eigenvalue weighted by Crippen LogP contribution is 2.31. The number of rotatable bonds is 2. The average molecular weight is 271 g/mol. The lowest BCUT2D eigenvalue weighted by molar-refractivity contribution is -0.163. The molecule has 0 spiro atoms. The van der Waals surface area contributed by atoms with Crippen LogP contribution < -0.4 is 0 Å². The Morgan fingerprint density at radius 1 is 1.21 bits per heavy atom. The first-order valence-corrected chi connectivity index (χ1v) is 6.20. The normalized spacial score (nSPS) is 22.2. The Kier molecular flexibility index (Phi) is 4.05. The van der Waals surface area contributed by atoms with Crippen LogP contribution in [0.5, 0.6) is 0 Å². The Labute approximate surface area is 113 Å². The summed E-state index contributed by atoms with van der Waals surface area (Å²) < 4.78 is 10.6. The molecule has 0 aliphatic carbocycles. The fourth-order valence-corrected chi connectivity index (χ4v) is 2.11. The predicted molar refractivity (Wildman–Crippen MR) is 67.6 cm³/mol. The number of Topliss-reactive ketones (excluding diaryl/α,β-unsaturated/α-hetero) is 2. The Morgan fingerprint density at radius 2 is 1.68 bits per heavy atom. The third-order valence-corrected chi connectivity index (χ3v) is 2.86. The molecule has 1 amide bonds. The molecule has 1 unspecified atom stereocenters. The van der Waals surface area contributed by atoms with Crippen molar-refractivity contribution >= 4 is 17.7 Å². The molecule has 1 heterocycles. The van der Waals surface area contributed by atoms with Crippen LogP contribution >= 0.6 is 0 Å². The molecule has 1 fully saturated rings. The molecular formula is C13H21NO5. The van der Waals surface area contributed by atoms with E-state index in [1.807, 2.05) is 0 Å². The third kappa shape index (κ3) is 2.78. The number of ketones is 2. The zero-order valence-electron chi connectivity index (χ0n) is 12.3. The Balaban J connectivity index is 3.16. The summed E-state index contributed by atoms with van der Waals surface area (Å²) in [6.45, 7) is 9.45. The van der Waals surface area contributed by atoms with Crippen molar-refractivity contribution < 1.29 is 23.9 Å². The maximum Gasteiger partial charge on any atom is 0.413 e. The van der Waals surface area contributed by atoms with E-state index in [0.29, 0.717) is 0 Å². The van der Waals surface area contributed by atoms with Crippen LogP contribution in [0.3, 0.4) is 0 Å². The van der Waals surface area contributed by atoms with Crippen LogP contribution in [-0.2, 0) is 19.1 Å². The van der Waals surface area contributed by atoms with Gasteiger partial charge in [0.2, 0.25) is 0 Å². The average Bonchev–Trinajstić information content (AvgIpc) is 2.54. The van der Waals surface area contributed by atoms with Crippen molar-refractivity contribution in [1.82, 2.24) is 4.90 Å². The van der Waals surface area contributed by atoms with Crippen LogP contribution in [0.15, 0.2) is 0 Å². The van der Waals surface area contributed by atoms with Gasteiger partial charge in [0.05, 0.1) is 12.6 Å². The summed E-state index contributed by atoms with van der Waals surface area (Å²) in [5, 5.41) is 0. The molecule has 0 saturated carbocycles. The molecule has 0 aromatic carbocycles. The first kappa shape index (κ1) is 15.6. The Bertz CT molecular complexity index is 396. The van der Waals surface area contributed by atoms with E-state index in [2.05, 4.69) is 0 Å². The lowest BCUT2D eigenvalue weighted by Gasteiger charge is -2.35. The van der Waals surface area contributed by atoms with Crippen LogP contribution in [0.2, 0.25) is 0 Å². The molecule has 6 heteroatoms. The maximum atomic E-state index is 12.2. The van der Waals surface area contributed by atoms with Crippen molar-refractivity contribution in [3.63, 3.8) is 0 Å². The van der Waals surface area contributed by atoms with E-state index >= 15 is 0 Å². The second kappa shape index (κ2) is 4.92. The van der Waals surface area contributed by atoms with Gasteiger partial charge in [0, 0.05) is 0 Å². The number of ether oxygens (including phenoxy) is 2. The molecule has 0 aromatic rings. The third-order valence-electron chi connectivity index (χ3n) is 2.86. The highest BCUT2D eigenvalue weighted by molar-refractivity contribution is 6.10. The maximum absolute atomic E-state index is 12.2. The van der Waals surface area contributed by atoms with Crippen molar-refractivity contribution in [3.8, 4) is 0 Å². The van der Waals surface area contributed by atoms with Crippen molar-refractivity contribution in [2.45, 2.75) is 58.9 Å². The quantitative estimate of drug-likeness (QED) is 0.712. The summed E-state index contributed by atoms with van der Waals surface area (Å²) in [7, 11) is 0. The van der Waals surface area contributed by atoms with Gasteiger partial charge in [0.1, 0.15) is 5.60 Å². The summed E-state index contributed by atoms with van der Waals surface area (Å²) in [5.41, 5.74) is -2.56. The van der Waals surface area contributed by atoms with Crippen molar-refractivity contribution in [2.75, 3.05) is 6.61 Å². The standard InChI is InChI=1S/C13H21NO5/c1-8-7-18-13(9(2)15,10(3)16)14(8)11(17)19-12(4,5)6/h8H,7H2,1-6H3. The first-order chi connectivity index (χ1) is 8.52. The second-order valence-corrected chi connectivity index (χ2v) is 5.77. The summed E-state index contributed by atoms with van der Waals surface area (Å²) in [5.74, 6) is -1.04. The minimum absolute atomic E-state index is 0.123. The van der Waals surface area contributed by atoms with Gasteiger partial charge in [0.15, 0.2) is 11.6 Å². The fourth-order valence-electron chi connectivity index (χ4n) is 2.11. The van der Waals surface area contributed by atoms with Gasteiger partial charge in [-0.15, -0.1) is 0 Å². The Hall–Kier alpha value is -1.43. The van der Waals surface area contributed by atoms with Crippen LogP contribution in [0.25, 0.3) is 0 Å². The topological polar surface area (TPSA) is 72.9 Å². The molecule has 1 atom stereocenters. The van der Waals surface area contributed by atoms with E-state index in [0.717, 1.165) is 4.90 Å². The highest BCUT2D eigenvalue weighted by Gasteiger charge is 2.57. The number of nitrogens with zero attached hydrogens (tertiary/aromatic N) is 1. The molecule has 1 aliphatic rings. The summed E-state index contributed by atoms with van der Waals surface area (Å²) in [4.78, 5) is 37.0. The van der Waals surface area contributed by atoms with E-state index in [1.54, 1.807) is 27.7 Å². The summed E-state index contributed by atoms with van der Waals surface area (Å²) >= 11 is 0. The van der Waals surface area contributed by atoms with Gasteiger partial charge >= 0.3 is 6.09 Å². The van der Waals surface area contributed by atoms with Gasteiger partial charge in [-0.2, -0.15) is 0 Å². The highest BCUT2D eigenvalue weighted by atomic mass is 16.6. The smallest absolute Gasteiger partial charge is 0.413 e. The number of amides is 1. The summed E-state index contributed by atoms with van der Waals surface area (Å²) in [6, 6.07) is -0.400. The largest absolute Gasteiger partial charge is 0.444 e. The lowest BCUT2D eigenvalue weighted by atomic mass is 10.0. The molecule has 108 valence electrons. The second-order valence-electron chi connectivity index (χ2n) is 5.77. The van der Waals surface area contributed by atoms with E-state index < -0.39 is 35.0 Å². The molecule has 19 heavy (non-hydrogen) atoms. The molecule has 0 bridgehead atoms. The Morgan fingerprint density at radius 3 is 2.05 bits per heavy atom. The summed E-state index contributed by atoms with van der Waals surface area (Å²) in [6.07, 6.45) is -0.720. The van der Waals surface area contributed by atoms with Gasteiger partial charge in [-0.05, 0) is 41.5 Å². The molecule has 1 aliphatic heterocycles. The lowest BCUT2D eigenvalue weighted by Crippen LogP contribution is -2.60. The molecule has 6 nitrogen and oxygen atoms in total. The van der Waals surface area contributed by atoms with Crippen molar-refractivity contribution in [3.05, 3.63) is 0 Å². The van der Waals surface area contributed by atoms with E-state index in [4.69, 9.17) is 9.47 Å². The fraction of sp³-hybridized carbons (Fsp3) is 0.769. The number of carbonyl (C=O) groups excluding carboxylic acids is 3. The van der Waals surface area contributed by atoms with Gasteiger partial charge in [0.25, 0.3) is 5.72 Å². The molecule has 0 aromatic heterocycles. The van der Waals surface area contributed by atoms with Gasteiger partial charge in [-0.3, -0.25) is 14.5 Å².